The molecular formula is C16H32N2. The largest absolute Gasteiger partial charge is 0.313 e. The molecule has 0 spiro atoms. The van der Waals surface area contributed by atoms with Crippen molar-refractivity contribution in [3.63, 3.8) is 0 Å². The number of rotatable bonds is 6. The third kappa shape index (κ3) is 4.24. The predicted molar refractivity (Wildman–Crippen MR) is 78.9 cm³/mol. The van der Waals surface area contributed by atoms with E-state index in [-0.39, 0.29) is 0 Å². The SMILES string of the molecule is CCN(CCNC1CC(C)CC(C)(C)C1)C1CC1. The van der Waals surface area contributed by atoms with Crippen LogP contribution in [0.4, 0.5) is 0 Å². The zero-order valence-electron chi connectivity index (χ0n) is 12.8. The van der Waals surface area contributed by atoms with Crippen molar-refractivity contribution in [2.24, 2.45) is 11.3 Å². The van der Waals surface area contributed by atoms with E-state index in [1.54, 1.807) is 0 Å². The molecule has 0 aromatic carbocycles. The minimum absolute atomic E-state index is 0.538. The van der Waals surface area contributed by atoms with Crippen molar-refractivity contribution in [3.05, 3.63) is 0 Å². The topological polar surface area (TPSA) is 15.3 Å². The average molecular weight is 252 g/mol. The van der Waals surface area contributed by atoms with Crippen molar-refractivity contribution in [3.8, 4) is 0 Å². The Bertz CT molecular complexity index is 258. The van der Waals surface area contributed by atoms with Crippen LogP contribution in [0.2, 0.25) is 0 Å². The van der Waals surface area contributed by atoms with Gasteiger partial charge in [0.1, 0.15) is 0 Å². The summed E-state index contributed by atoms with van der Waals surface area (Å²) in [5.74, 6) is 0.886. The molecule has 0 heterocycles. The highest BCUT2D eigenvalue weighted by molar-refractivity contribution is 4.88. The van der Waals surface area contributed by atoms with Crippen LogP contribution in [0.3, 0.4) is 0 Å². The van der Waals surface area contributed by atoms with E-state index in [0.29, 0.717) is 5.41 Å². The second kappa shape index (κ2) is 5.92. The highest BCUT2D eigenvalue weighted by atomic mass is 15.2. The minimum atomic E-state index is 0.538. The smallest absolute Gasteiger partial charge is 0.0110 e. The van der Waals surface area contributed by atoms with E-state index in [1.807, 2.05) is 0 Å². The highest BCUT2D eigenvalue weighted by Crippen LogP contribution is 2.38. The first kappa shape index (κ1) is 14.3. The summed E-state index contributed by atoms with van der Waals surface area (Å²) in [6.45, 7) is 13.2. The Morgan fingerprint density at radius 1 is 1.22 bits per heavy atom. The molecule has 0 bridgehead atoms. The Morgan fingerprint density at radius 3 is 2.50 bits per heavy atom. The van der Waals surface area contributed by atoms with Crippen molar-refractivity contribution < 1.29 is 0 Å². The maximum Gasteiger partial charge on any atom is 0.0110 e. The van der Waals surface area contributed by atoms with E-state index in [4.69, 9.17) is 0 Å². The first-order valence-corrected chi connectivity index (χ1v) is 7.97. The normalized spacial score (nSPS) is 31.8. The van der Waals surface area contributed by atoms with Gasteiger partial charge >= 0.3 is 0 Å². The fraction of sp³-hybridized carbons (Fsp3) is 1.00. The van der Waals surface area contributed by atoms with Gasteiger partial charge in [0.25, 0.3) is 0 Å². The van der Waals surface area contributed by atoms with Crippen LogP contribution in [-0.2, 0) is 0 Å². The summed E-state index contributed by atoms with van der Waals surface area (Å²) in [6, 6.07) is 1.67. The Labute approximate surface area is 114 Å². The molecule has 2 rings (SSSR count). The second-order valence-corrected chi connectivity index (χ2v) is 7.42. The molecule has 0 aromatic rings. The van der Waals surface area contributed by atoms with Gasteiger partial charge in [-0.3, -0.25) is 4.90 Å². The van der Waals surface area contributed by atoms with E-state index in [2.05, 4.69) is 37.9 Å². The van der Waals surface area contributed by atoms with Gasteiger partial charge in [0.15, 0.2) is 0 Å². The second-order valence-electron chi connectivity index (χ2n) is 7.42. The lowest BCUT2D eigenvalue weighted by atomic mass is 9.70. The van der Waals surface area contributed by atoms with Crippen LogP contribution in [0.15, 0.2) is 0 Å². The number of nitrogens with one attached hydrogen (secondary N) is 1. The van der Waals surface area contributed by atoms with Crippen LogP contribution >= 0.6 is 0 Å². The van der Waals surface area contributed by atoms with E-state index >= 15 is 0 Å². The molecule has 2 aliphatic rings. The molecule has 0 saturated heterocycles. The highest BCUT2D eigenvalue weighted by Gasteiger charge is 2.32. The zero-order chi connectivity index (χ0) is 13.2. The Morgan fingerprint density at radius 2 is 1.94 bits per heavy atom. The summed E-state index contributed by atoms with van der Waals surface area (Å²) in [5, 5.41) is 3.81. The molecule has 2 saturated carbocycles. The van der Waals surface area contributed by atoms with Gasteiger partial charge in [-0.05, 0) is 50.0 Å². The van der Waals surface area contributed by atoms with Crippen molar-refractivity contribution >= 4 is 0 Å². The summed E-state index contributed by atoms with van der Waals surface area (Å²) >= 11 is 0. The summed E-state index contributed by atoms with van der Waals surface area (Å²) in [6.07, 6.45) is 6.99. The molecule has 2 heteroatoms. The molecule has 2 fully saturated rings. The third-order valence-corrected chi connectivity index (χ3v) is 4.69. The summed E-state index contributed by atoms with van der Waals surface area (Å²) in [4.78, 5) is 2.64. The van der Waals surface area contributed by atoms with Gasteiger partial charge in [0, 0.05) is 25.2 Å². The minimum Gasteiger partial charge on any atom is -0.313 e. The first-order chi connectivity index (χ1) is 8.50. The van der Waals surface area contributed by atoms with E-state index in [0.717, 1.165) is 18.0 Å². The Kier molecular flexibility index (Phi) is 4.71. The fourth-order valence-corrected chi connectivity index (χ4v) is 3.95. The fourth-order valence-electron chi connectivity index (χ4n) is 3.95. The first-order valence-electron chi connectivity index (χ1n) is 7.97. The molecule has 2 unspecified atom stereocenters. The molecule has 0 radical (unpaired) electrons. The van der Waals surface area contributed by atoms with E-state index < -0.39 is 0 Å². The molecule has 0 aromatic heterocycles. The maximum absolute atomic E-state index is 3.81. The van der Waals surface area contributed by atoms with Gasteiger partial charge in [-0.2, -0.15) is 0 Å². The van der Waals surface area contributed by atoms with Gasteiger partial charge < -0.3 is 5.32 Å². The van der Waals surface area contributed by atoms with Gasteiger partial charge in [0.2, 0.25) is 0 Å². The summed E-state index contributed by atoms with van der Waals surface area (Å²) < 4.78 is 0. The number of hydrogen-bond donors (Lipinski definition) is 1. The van der Waals surface area contributed by atoms with Crippen molar-refractivity contribution in [2.75, 3.05) is 19.6 Å². The van der Waals surface area contributed by atoms with Crippen LogP contribution in [0.5, 0.6) is 0 Å². The standard InChI is InChI=1S/C16H32N2/c1-5-18(15-6-7-15)9-8-17-14-10-13(2)11-16(3,4)12-14/h13-15,17H,5-12H2,1-4H3. The zero-order valence-corrected chi connectivity index (χ0v) is 12.8. The van der Waals surface area contributed by atoms with Crippen molar-refractivity contribution in [1.29, 1.82) is 0 Å². The third-order valence-electron chi connectivity index (χ3n) is 4.69. The molecule has 0 amide bonds. The molecule has 2 nitrogen and oxygen atoms in total. The molecule has 106 valence electrons. The Balaban J connectivity index is 1.69. The molecule has 2 atom stereocenters. The van der Waals surface area contributed by atoms with Gasteiger partial charge in [-0.25, -0.2) is 0 Å². The lowest BCUT2D eigenvalue weighted by Gasteiger charge is -2.39. The monoisotopic (exact) mass is 252 g/mol. The predicted octanol–water partition coefficient (Wildman–Crippen LogP) is 3.28. The van der Waals surface area contributed by atoms with E-state index in [9.17, 15) is 0 Å². The van der Waals surface area contributed by atoms with Gasteiger partial charge in [0.05, 0.1) is 0 Å². The molecule has 0 aliphatic heterocycles. The van der Waals surface area contributed by atoms with Crippen LogP contribution < -0.4 is 5.32 Å². The molecular weight excluding hydrogens is 220 g/mol. The van der Waals surface area contributed by atoms with Gasteiger partial charge in [-0.1, -0.05) is 27.7 Å². The summed E-state index contributed by atoms with van der Waals surface area (Å²) in [5.41, 5.74) is 0.538. The number of likely N-dealkylation sites (N-methyl/N-ethyl adjacent to an activating group) is 1. The summed E-state index contributed by atoms with van der Waals surface area (Å²) in [7, 11) is 0. The lowest BCUT2D eigenvalue weighted by molar-refractivity contribution is 0.148. The van der Waals surface area contributed by atoms with Gasteiger partial charge in [-0.15, -0.1) is 0 Å². The number of hydrogen-bond acceptors (Lipinski definition) is 2. The molecule has 18 heavy (non-hydrogen) atoms. The molecule has 1 N–H and O–H groups in total. The quantitative estimate of drug-likeness (QED) is 0.780. The maximum atomic E-state index is 3.81. The lowest BCUT2D eigenvalue weighted by Crippen LogP contribution is -2.43. The van der Waals surface area contributed by atoms with Crippen LogP contribution in [0, 0.1) is 11.3 Å². The van der Waals surface area contributed by atoms with Crippen LogP contribution in [-0.4, -0.2) is 36.6 Å². The van der Waals surface area contributed by atoms with Crippen LogP contribution in [0.25, 0.3) is 0 Å². The van der Waals surface area contributed by atoms with Crippen molar-refractivity contribution in [1.82, 2.24) is 10.2 Å². The average Bonchev–Trinajstić information content (AvgIpc) is 3.05. The molecule has 2 aliphatic carbocycles. The number of nitrogens with zero attached hydrogens (tertiary/aromatic N) is 1. The van der Waals surface area contributed by atoms with Crippen molar-refractivity contribution in [2.45, 2.75) is 71.9 Å². The van der Waals surface area contributed by atoms with E-state index in [1.165, 1.54) is 51.7 Å². The Hall–Kier alpha value is -0.0800. The van der Waals surface area contributed by atoms with Crippen LogP contribution in [0.1, 0.15) is 59.8 Å².